The van der Waals surface area contributed by atoms with E-state index < -0.39 is 27.4 Å². The zero-order valence-corrected chi connectivity index (χ0v) is 20.8. The second-order valence-corrected chi connectivity index (χ2v) is 11.4. The topological polar surface area (TPSA) is 87.1 Å². The highest BCUT2D eigenvalue weighted by Gasteiger charge is 2.77. The number of hydrogen-bond acceptors (Lipinski definition) is 6. The molecule has 3 rings (SSSR count). The van der Waals surface area contributed by atoms with Crippen LogP contribution in [0.5, 0.6) is 0 Å². The van der Waals surface area contributed by atoms with E-state index in [1.165, 1.54) is 0 Å². The van der Waals surface area contributed by atoms with E-state index in [0.717, 1.165) is 19.3 Å². The number of thioether (sulfide) groups is 1. The second-order valence-electron chi connectivity index (χ2n) is 9.51. The predicted octanol–water partition coefficient (Wildman–Crippen LogP) is 2.78. The summed E-state index contributed by atoms with van der Waals surface area (Å²) in [5.74, 6) is -1.74. The average Bonchev–Trinajstić information content (AvgIpc) is 3.35. The van der Waals surface area contributed by atoms with Gasteiger partial charge in [-0.1, -0.05) is 25.5 Å². The van der Waals surface area contributed by atoms with Crippen LogP contribution in [0.3, 0.4) is 0 Å². The molecule has 0 aromatic rings. The molecule has 33 heavy (non-hydrogen) atoms. The molecule has 5 atom stereocenters. The maximum Gasteiger partial charge on any atom is 0.311 e. The van der Waals surface area contributed by atoms with Crippen molar-refractivity contribution < 1.29 is 24.2 Å². The first-order valence-electron chi connectivity index (χ1n) is 12.1. The molecule has 7 nitrogen and oxygen atoms in total. The summed E-state index contributed by atoms with van der Waals surface area (Å²) < 4.78 is 4.47. The molecule has 3 saturated heterocycles. The lowest BCUT2D eigenvalue weighted by Gasteiger charge is -2.37. The van der Waals surface area contributed by atoms with E-state index in [2.05, 4.69) is 20.1 Å². The molecule has 0 aromatic heterocycles. The number of carbonyl (C=O) groups is 3. The Morgan fingerprint density at radius 3 is 2.70 bits per heavy atom. The number of hydrogen-bond donors (Lipinski definition) is 1. The van der Waals surface area contributed by atoms with E-state index in [-0.39, 0.29) is 31.0 Å². The van der Waals surface area contributed by atoms with E-state index in [9.17, 15) is 19.5 Å². The van der Waals surface area contributed by atoms with Gasteiger partial charge < -0.3 is 19.6 Å². The van der Waals surface area contributed by atoms with Crippen molar-refractivity contribution in [1.82, 2.24) is 9.80 Å². The predicted molar refractivity (Wildman–Crippen MR) is 130 cm³/mol. The number of aliphatic hydroxyl groups is 1. The van der Waals surface area contributed by atoms with Crippen LogP contribution in [-0.4, -0.2) is 81.1 Å². The van der Waals surface area contributed by atoms with Crippen molar-refractivity contribution in [2.24, 2.45) is 11.8 Å². The fourth-order valence-electron chi connectivity index (χ4n) is 5.85. The number of carbonyl (C=O) groups excluding carboxylic acids is 3. The SMILES string of the molecule is C=CCCOC(=O)[C@@H]1[C@H]2C(=O)N(CCCO)C(C(=O)N(CC=C)CCCC)C23CC[C@@]1(C)S3. The molecular formula is C25H38N2O5S. The third-order valence-electron chi connectivity index (χ3n) is 7.33. The zero-order chi connectivity index (χ0) is 24.2. The summed E-state index contributed by atoms with van der Waals surface area (Å²) in [6, 6.07) is -0.642. The molecule has 3 aliphatic rings. The average molecular weight is 479 g/mol. The number of ether oxygens (including phenoxy) is 1. The fourth-order valence-corrected chi connectivity index (χ4v) is 8.19. The van der Waals surface area contributed by atoms with Crippen LogP contribution >= 0.6 is 11.8 Å². The number of unbranched alkanes of at least 4 members (excludes halogenated alkanes) is 1. The van der Waals surface area contributed by atoms with Crippen molar-refractivity contribution in [2.45, 2.75) is 67.9 Å². The molecule has 1 N–H and O–H groups in total. The maximum atomic E-state index is 14.0. The minimum Gasteiger partial charge on any atom is -0.465 e. The highest BCUT2D eigenvalue weighted by atomic mass is 32.2. The molecule has 184 valence electrons. The van der Waals surface area contributed by atoms with E-state index in [4.69, 9.17) is 4.74 Å². The number of amides is 2. The van der Waals surface area contributed by atoms with Crippen LogP contribution in [-0.2, 0) is 19.1 Å². The molecule has 0 aliphatic carbocycles. The Morgan fingerprint density at radius 2 is 2.06 bits per heavy atom. The molecule has 0 aromatic carbocycles. The summed E-state index contributed by atoms with van der Waals surface area (Å²) in [7, 11) is 0. The molecule has 3 heterocycles. The van der Waals surface area contributed by atoms with Crippen molar-refractivity contribution in [3.8, 4) is 0 Å². The molecule has 2 unspecified atom stereocenters. The Bertz CT molecular complexity index is 789. The van der Waals surface area contributed by atoms with Gasteiger partial charge in [0.1, 0.15) is 6.04 Å². The number of fused-ring (bicyclic) bond motifs is 1. The fraction of sp³-hybridized carbons (Fsp3) is 0.720. The number of nitrogens with zero attached hydrogens (tertiary/aromatic N) is 2. The maximum absolute atomic E-state index is 14.0. The number of aliphatic hydroxyl groups excluding tert-OH is 1. The van der Waals surface area contributed by atoms with Crippen molar-refractivity contribution in [2.75, 3.05) is 32.8 Å². The van der Waals surface area contributed by atoms with Gasteiger partial charge in [-0.2, -0.15) is 0 Å². The standard InChI is InChI=1S/C25H38N2O5S/c1-5-8-14-26(13-7-3)22(30)20-25-12-11-24(4,33-25)19(23(31)32-17-9-6-2)18(25)21(29)27(20)15-10-16-28/h6-7,18-20,28H,2-3,5,8-17H2,1,4H3/t18-,19-,20?,24+,25?/m0/s1. The van der Waals surface area contributed by atoms with E-state index in [0.29, 0.717) is 38.9 Å². The van der Waals surface area contributed by atoms with Gasteiger partial charge in [0, 0.05) is 31.0 Å². The molecule has 1 spiro atoms. The van der Waals surface area contributed by atoms with Gasteiger partial charge in [-0.3, -0.25) is 14.4 Å². The van der Waals surface area contributed by atoms with Crippen molar-refractivity contribution in [1.29, 1.82) is 0 Å². The molecule has 3 aliphatic heterocycles. The number of likely N-dealkylation sites (tertiary alicyclic amines) is 1. The molecular weight excluding hydrogens is 440 g/mol. The Labute approximate surface area is 201 Å². The van der Waals surface area contributed by atoms with Gasteiger partial charge in [-0.15, -0.1) is 24.9 Å². The Hall–Kier alpha value is -1.80. The summed E-state index contributed by atoms with van der Waals surface area (Å²) in [5, 5.41) is 9.45. The molecule has 2 bridgehead atoms. The molecule has 8 heteroatoms. The van der Waals surface area contributed by atoms with Crippen LogP contribution in [0.4, 0.5) is 0 Å². The minimum atomic E-state index is -0.647. The van der Waals surface area contributed by atoms with Crippen LogP contribution in [0.25, 0.3) is 0 Å². The third-order valence-corrected chi connectivity index (χ3v) is 9.32. The van der Waals surface area contributed by atoms with Crippen molar-refractivity contribution in [3.63, 3.8) is 0 Å². The normalized spacial score (nSPS) is 32.0. The minimum absolute atomic E-state index is 0.0631. The van der Waals surface area contributed by atoms with E-state index in [1.54, 1.807) is 33.7 Å². The number of rotatable bonds is 13. The van der Waals surface area contributed by atoms with E-state index in [1.807, 2.05) is 6.92 Å². The lowest BCUT2D eigenvalue weighted by Crippen LogP contribution is -2.55. The molecule has 2 amide bonds. The summed E-state index contributed by atoms with van der Waals surface area (Å²) >= 11 is 1.64. The molecule has 0 radical (unpaired) electrons. The van der Waals surface area contributed by atoms with Gasteiger partial charge in [-0.25, -0.2) is 0 Å². The third kappa shape index (κ3) is 4.48. The van der Waals surface area contributed by atoms with E-state index >= 15 is 0 Å². The molecule has 0 saturated carbocycles. The lowest BCUT2D eigenvalue weighted by molar-refractivity contribution is -0.155. The van der Waals surface area contributed by atoms with Crippen LogP contribution in [0, 0.1) is 11.8 Å². The number of esters is 1. The first kappa shape index (κ1) is 25.8. The van der Waals surface area contributed by atoms with Gasteiger partial charge in [0.2, 0.25) is 11.8 Å². The van der Waals surface area contributed by atoms with Gasteiger partial charge in [-0.05, 0) is 39.0 Å². The van der Waals surface area contributed by atoms with Crippen LogP contribution in [0.1, 0.15) is 52.4 Å². The smallest absolute Gasteiger partial charge is 0.311 e. The Morgan fingerprint density at radius 1 is 1.30 bits per heavy atom. The summed E-state index contributed by atoms with van der Waals surface area (Å²) in [6.07, 6.45) is 7.67. The van der Waals surface area contributed by atoms with Crippen LogP contribution in [0.2, 0.25) is 0 Å². The van der Waals surface area contributed by atoms with Gasteiger partial charge >= 0.3 is 5.97 Å². The van der Waals surface area contributed by atoms with Gasteiger partial charge in [0.15, 0.2) is 0 Å². The largest absolute Gasteiger partial charge is 0.465 e. The summed E-state index contributed by atoms with van der Waals surface area (Å²) in [6.45, 7) is 13.1. The highest BCUT2D eigenvalue weighted by molar-refractivity contribution is 8.02. The second kappa shape index (κ2) is 10.6. The summed E-state index contributed by atoms with van der Waals surface area (Å²) in [4.78, 5) is 44.4. The Kier molecular flexibility index (Phi) is 8.32. The van der Waals surface area contributed by atoms with Crippen LogP contribution < -0.4 is 0 Å². The first-order valence-corrected chi connectivity index (χ1v) is 12.9. The monoisotopic (exact) mass is 478 g/mol. The molecule has 3 fully saturated rings. The van der Waals surface area contributed by atoms with Crippen molar-refractivity contribution >= 4 is 29.5 Å². The first-order chi connectivity index (χ1) is 15.8. The lowest BCUT2D eigenvalue weighted by atomic mass is 9.66. The summed E-state index contributed by atoms with van der Waals surface area (Å²) in [5.41, 5.74) is 0. The van der Waals surface area contributed by atoms with Gasteiger partial charge in [0.25, 0.3) is 0 Å². The van der Waals surface area contributed by atoms with Crippen molar-refractivity contribution in [3.05, 3.63) is 25.3 Å². The zero-order valence-electron chi connectivity index (χ0n) is 20.0. The van der Waals surface area contributed by atoms with Crippen LogP contribution in [0.15, 0.2) is 25.3 Å². The Balaban J connectivity index is 1.98. The quantitative estimate of drug-likeness (QED) is 0.249. The van der Waals surface area contributed by atoms with Gasteiger partial charge in [0.05, 0.1) is 23.2 Å². The highest BCUT2D eigenvalue weighted by Crippen LogP contribution is 2.71.